The van der Waals surface area contributed by atoms with Crippen LogP contribution in [0.3, 0.4) is 0 Å². The van der Waals surface area contributed by atoms with Crippen molar-refractivity contribution in [3.63, 3.8) is 0 Å². The summed E-state index contributed by atoms with van der Waals surface area (Å²) in [5, 5.41) is 8.72. The van der Waals surface area contributed by atoms with E-state index in [9.17, 15) is 9.59 Å². The lowest BCUT2D eigenvalue weighted by Crippen LogP contribution is -2.15. The van der Waals surface area contributed by atoms with Gasteiger partial charge in [-0.25, -0.2) is 0 Å². The lowest BCUT2D eigenvalue weighted by atomic mass is 9.85. The van der Waals surface area contributed by atoms with E-state index in [0.29, 0.717) is 11.3 Å². The molecule has 4 nitrogen and oxygen atoms in total. The Morgan fingerprint density at radius 3 is 2.29 bits per heavy atom. The highest BCUT2D eigenvalue weighted by molar-refractivity contribution is 6.00. The highest BCUT2D eigenvalue weighted by Gasteiger charge is 2.20. The van der Waals surface area contributed by atoms with Crippen LogP contribution in [0.15, 0.2) is 18.2 Å². The zero-order valence-corrected chi connectivity index (χ0v) is 13.4. The fourth-order valence-electron chi connectivity index (χ4n) is 1.93. The molecule has 4 heteroatoms. The van der Waals surface area contributed by atoms with Crippen molar-refractivity contribution in [2.24, 2.45) is 0 Å². The first-order valence-electron chi connectivity index (χ1n) is 7.17. The van der Waals surface area contributed by atoms with Crippen LogP contribution in [0.1, 0.15) is 63.4 Å². The van der Waals surface area contributed by atoms with Crippen molar-refractivity contribution in [3.05, 3.63) is 29.3 Å². The smallest absolute Gasteiger partial charge is 0.303 e. The molecule has 0 spiro atoms. The summed E-state index contributed by atoms with van der Waals surface area (Å²) >= 11 is 0. The summed E-state index contributed by atoms with van der Waals surface area (Å²) in [6, 6.07) is 5.57. The SMILES string of the molecule is CC(C)Oc1ccc(C(C)(C)C)cc1C(=O)CCC(=O)O. The number of hydrogen-bond acceptors (Lipinski definition) is 3. The lowest BCUT2D eigenvalue weighted by molar-refractivity contribution is -0.136. The minimum Gasteiger partial charge on any atom is -0.490 e. The van der Waals surface area contributed by atoms with Crippen LogP contribution in [0.2, 0.25) is 0 Å². The van der Waals surface area contributed by atoms with Crippen molar-refractivity contribution < 1.29 is 19.4 Å². The van der Waals surface area contributed by atoms with Gasteiger partial charge in [0.15, 0.2) is 5.78 Å². The van der Waals surface area contributed by atoms with Gasteiger partial charge < -0.3 is 9.84 Å². The normalized spacial score (nSPS) is 11.5. The molecule has 0 atom stereocenters. The molecule has 0 saturated heterocycles. The number of aliphatic carboxylic acids is 1. The molecule has 0 heterocycles. The summed E-state index contributed by atoms with van der Waals surface area (Å²) in [4.78, 5) is 22.9. The van der Waals surface area contributed by atoms with Crippen LogP contribution >= 0.6 is 0 Å². The fraction of sp³-hybridized carbons (Fsp3) is 0.529. The highest BCUT2D eigenvalue weighted by Crippen LogP contribution is 2.29. The maximum absolute atomic E-state index is 12.3. The third kappa shape index (κ3) is 5.21. The van der Waals surface area contributed by atoms with E-state index in [0.717, 1.165) is 5.56 Å². The number of carboxylic acid groups (broad SMARTS) is 1. The van der Waals surface area contributed by atoms with E-state index >= 15 is 0 Å². The Kier molecular flexibility index (Phi) is 5.53. The van der Waals surface area contributed by atoms with Gasteiger partial charge in [-0.15, -0.1) is 0 Å². The van der Waals surface area contributed by atoms with Crippen LogP contribution in [0.4, 0.5) is 0 Å². The molecule has 1 aromatic carbocycles. The second kappa shape index (κ2) is 6.74. The minimum absolute atomic E-state index is 0.0165. The predicted octanol–water partition coefficient (Wildman–Crippen LogP) is 3.82. The lowest BCUT2D eigenvalue weighted by Gasteiger charge is -2.22. The van der Waals surface area contributed by atoms with Gasteiger partial charge in [0.2, 0.25) is 0 Å². The van der Waals surface area contributed by atoms with Gasteiger partial charge in [-0.3, -0.25) is 9.59 Å². The molecular weight excluding hydrogens is 268 g/mol. The first-order valence-corrected chi connectivity index (χ1v) is 7.17. The van der Waals surface area contributed by atoms with E-state index in [-0.39, 0.29) is 30.1 Å². The molecule has 1 N–H and O–H groups in total. The van der Waals surface area contributed by atoms with Gasteiger partial charge >= 0.3 is 5.97 Å². The molecule has 1 aromatic rings. The Balaban J connectivity index is 3.15. The van der Waals surface area contributed by atoms with Gasteiger partial charge in [0.25, 0.3) is 0 Å². The average Bonchev–Trinajstić information content (AvgIpc) is 2.34. The van der Waals surface area contributed by atoms with Crippen LogP contribution in [-0.4, -0.2) is 23.0 Å². The maximum atomic E-state index is 12.3. The van der Waals surface area contributed by atoms with Crippen molar-refractivity contribution in [2.45, 2.75) is 59.0 Å². The van der Waals surface area contributed by atoms with Crippen molar-refractivity contribution in [2.75, 3.05) is 0 Å². The Morgan fingerprint density at radius 1 is 1.19 bits per heavy atom. The molecule has 1 rings (SSSR count). The van der Waals surface area contributed by atoms with E-state index in [1.165, 1.54) is 0 Å². The van der Waals surface area contributed by atoms with Crippen LogP contribution in [0, 0.1) is 0 Å². The van der Waals surface area contributed by atoms with E-state index in [2.05, 4.69) is 20.8 Å². The zero-order valence-electron chi connectivity index (χ0n) is 13.4. The molecule has 0 amide bonds. The van der Waals surface area contributed by atoms with E-state index in [1.807, 2.05) is 26.0 Å². The molecular formula is C17H24O4. The van der Waals surface area contributed by atoms with Gasteiger partial charge in [0.05, 0.1) is 18.1 Å². The second-order valence-corrected chi connectivity index (χ2v) is 6.44. The number of rotatable bonds is 6. The molecule has 21 heavy (non-hydrogen) atoms. The van der Waals surface area contributed by atoms with Gasteiger partial charge in [-0.05, 0) is 37.0 Å². The van der Waals surface area contributed by atoms with Gasteiger partial charge in [0.1, 0.15) is 5.75 Å². The minimum atomic E-state index is -0.971. The van der Waals surface area contributed by atoms with E-state index in [1.54, 1.807) is 6.07 Å². The third-order valence-electron chi connectivity index (χ3n) is 3.07. The number of benzene rings is 1. The van der Waals surface area contributed by atoms with Crippen molar-refractivity contribution in [1.29, 1.82) is 0 Å². The summed E-state index contributed by atoms with van der Waals surface area (Å²) in [7, 11) is 0. The Bertz CT molecular complexity index is 524. The standard InChI is InChI=1S/C17H24O4/c1-11(2)21-15-8-6-12(17(3,4)5)10-13(15)14(18)7-9-16(19)20/h6,8,10-11H,7,9H2,1-5H3,(H,19,20). The first-order chi connectivity index (χ1) is 9.61. The number of ketones is 1. The number of carbonyl (C=O) groups is 2. The molecule has 0 aromatic heterocycles. The quantitative estimate of drug-likeness (QED) is 0.810. The molecule has 0 radical (unpaired) electrons. The first kappa shape index (κ1) is 17.2. The Hall–Kier alpha value is -1.84. The molecule has 116 valence electrons. The van der Waals surface area contributed by atoms with E-state index < -0.39 is 5.97 Å². The summed E-state index contributed by atoms with van der Waals surface area (Å²) in [5.41, 5.74) is 1.41. The van der Waals surface area contributed by atoms with E-state index in [4.69, 9.17) is 9.84 Å². The van der Waals surface area contributed by atoms with Gasteiger partial charge in [0, 0.05) is 6.42 Å². The van der Waals surface area contributed by atoms with Crippen molar-refractivity contribution in [1.82, 2.24) is 0 Å². The summed E-state index contributed by atoms with van der Waals surface area (Å²) in [6.45, 7) is 9.98. The van der Waals surface area contributed by atoms with Crippen LogP contribution < -0.4 is 4.74 Å². The van der Waals surface area contributed by atoms with Crippen LogP contribution in [-0.2, 0) is 10.2 Å². The molecule has 0 aliphatic rings. The van der Waals surface area contributed by atoms with Gasteiger partial charge in [-0.2, -0.15) is 0 Å². The summed E-state index contributed by atoms with van der Waals surface area (Å²) in [5.74, 6) is -0.644. The molecule has 0 bridgehead atoms. The molecule has 0 unspecified atom stereocenters. The molecule has 0 saturated carbocycles. The average molecular weight is 292 g/mol. The highest BCUT2D eigenvalue weighted by atomic mass is 16.5. The monoisotopic (exact) mass is 292 g/mol. The summed E-state index contributed by atoms with van der Waals surface area (Å²) < 4.78 is 5.67. The zero-order chi connectivity index (χ0) is 16.2. The predicted molar refractivity (Wildman–Crippen MR) is 82.1 cm³/mol. The largest absolute Gasteiger partial charge is 0.490 e. The Labute approximate surface area is 126 Å². The van der Waals surface area contributed by atoms with Crippen LogP contribution in [0.5, 0.6) is 5.75 Å². The third-order valence-corrected chi connectivity index (χ3v) is 3.07. The number of Topliss-reactive ketones (excluding diaryl/α,β-unsaturated/α-hetero) is 1. The molecule has 0 fully saturated rings. The maximum Gasteiger partial charge on any atom is 0.303 e. The number of carbonyl (C=O) groups excluding carboxylic acids is 1. The topological polar surface area (TPSA) is 63.6 Å². The van der Waals surface area contributed by atoms with Crippen LogP contribution in [0.25, 0.3) is 0 Å². The number of carboxylic acids is 1. The van der Waals surface area contributed by atoms with Crippen molar-refractivity contribution in [3.8, 4) is 5.75 Å². The Morgan fingerprint density at radius 2 is 1.81 bits per heavy atom. The number of hydrogen-bond donors (Lipinski definition) is 1. The summed E-state index contributed by atoms with van der Waals surface area (Å²) in [6.07, 6.45) is -0.228. The fourth-order valence-corrected chi connectivity index (χ4v) is 1.93. The molecule has 0 aliphatic carbocycles. The second-order valence-electron chi connectivity index (χ2n) is 6.44. The van der Waals surface area contributed by atoms with Crippen molar-refractivity contribution >= 4 is 11.8 Å². The molecule has 0 aliphatic heterocycles. The van der Waals surface area contributed by atoms with Gasteiger partial charge in [-0.1, -0.05) is 26.8 Å². The number of ether oxygens (including phenoxy) is 1.